The molecule has 0 aliphatic carbocycles. The van der Waals surface area contributed by atoms with Crippen molar-refractivity contribution in [2.24, 2.45) is 11.7 Å². The number of hydrogen-bond acceptors (Lipinski definition) is 4. The third-order valence-corrected chi connectivity index (χ3v) is 3.45. The molecule has 1 fully saturated rings. The minimum atomic E-state index is -0.588. The summed E-state index contributed by atoms with van der Waals surface area (Å²) in [5.41, 5.74) is 6.83. The van der Waals surface area contributed by atoms with E-state index in [1.54, 1.807) is 0 Å². The Hall–Kier alpha value is -1.17. The second-order valence-corrected chi connectivity index (χ2v) is 4.50. The van der Waals surface area contributed by atoms with E-state index in [1.165, 1.54) is 7.41 Å². The Bertz CT molecular complexity index is 387. The molecule has 2 unspecified atom stereocenters. The Morgan fingerprint density at radius 1 is 1.53 bits per heavy atom. The molecule has 17 heavy (non-hydrogen) atoms. The Kier molecular flexibility index (Phi) is 3.62. The largest absolute Gasteiger partial charge is 0.396 e. The summed E-state index contributed by atoms with van der Waals surface area (Å²) < 4.78 is 0. The monoisotopic (exact) mass is 231 g/mol. The van der Waals surface area contributed by atoms with Gasteiger partial charge in [0.1, 0.15) is 0 Å². The van der Waals surface area contributed by atoms with Crippen molar-refractivity contribution in [2.45, 2.75) is 5.54 Å². The molecular formula is C12H16BN2O2. The molecule has 1 aromatic carbocycles. The highest BCUT2D eigenvalue weighted by Gasteiger charge is 2.44. The highest BCUT2D eigenvalue weighted by molar-refractivity contribution is 6.64. The maximum atomic E-state index is 10.5. The van der Waals surface area contributed by atoms with Crippen LogP contribution in [0.15, 0.2) is 30.3 Å². The Morgan fingerprint density at radius 3 is 2.82 bits per heavy atom. The lowest BCUT2D eigenvalue weighted by Gasteiger charge is -2.30. The van der Waals surface area contributed by atoms with E-state index in [9.17, 15) is 9.90 Å². The van der Waals surface area contributed by atoms with Crippen LogP contribution in [-0.4, -0.2) is 43.2 Å². The predicted molar refractivity (Wildman–Crippen MR) is 67.0 cm³/mol. The summed E-state index contributed by atoms with van der Waals surface area (Å²) in [6, 6.07) is 9.74. The molecule has 1 saturated heterocycles. The molecule has 1 aromatic rings. The molecular weight excluding hydrogens is 215 g/mol. The van der Waals surface area contributed by atoms with Gasteiger partial charge in [-0.05, 0) is 12.1 Å². The van der Waals surface area contributed by atoms with Gasteiger partial charge in [-0.3, -0.25) is 0 Å². The number of carbonyl (C=O) groups is 1. The third-order valence-electron chi connectivity index (χ3n) is 3.45. The van der Waals surface area contributed by atoms with E-state index in [-0.39, 0.29) is 12.5 Å². The maximum absolute atomic E-state index is 10.5. The van der Waals surface area contributed by atoms with E-state index >= 15 is 0 Å². The quantitative estimate of drug-likeness (QED) is 0.545. The number of aliphatic hydroxyl groups excluding tert-OH is 1. The predicted octanol–water partition coefficient (Wildman–Crippen LogP) is -0.426. The minimum Gasteiger partial charge on any atom is -0.396 e. The van der Waals surface area contributed by atoms with Crippen LogP contribution in [0.25, 0.3) is 0 Å². The van der Waals surface area contributed by atoms with Gasteiger partial charge in [0.05, 0.1) is 11.7 Å². The van der Waals surface area contributed by atoms with E-state index in [0.29, 0.717) is 13.1 Å². The molecule has 0 aromatic heterocycles. The molecule has 2 atom stereocenters. The van der Waals surface area contributed by atoms with Crippen molar-refractivity contribution >= 4 is 13.6 Å². The van der Waals surface area contributed by atoms with Crippen LogP contribution in [0.2, 0.25) is 0 Å². The molecule has 2 rings (SSSR count). The SMILES string of the molecule is NC1(c2ccccc2)CN([B]C=O)CC1CO. The first-order valence-corrected chi connectivity index (χ1v) is 5.68. The third kappa shape index (κ3) is 2.27. The van der Waals surface area contributed by atoms with Crippen LogP contribution < -0.4 is 5.73 Å². The second-order valence-electron chi connectivity index (χ2n) is 4.50. The summed E-state index contributed by atoms with van der Waals surface area (Å²) in [5.74, 6) is -0.0545. The van der Waals surface area contributed by atoms with Crippen LogP contribution in [-0.2, 0) is 10.3 Å². The summed E-state index contributed by atoms with van der Waals surface area (Å²) in [5, 5.41) is 9.44. The second kappa shape index (κ2) is 5.00. The zero-order valence-corrected chi connectivity index (χ0v) is 9.62. The molecule has 1 radical (unpaired) electrons. The summed E-state index contributed by atoms with van der Waals surface area (Å²) >= 11 is 0. The van der Waals surface area contributed by atoms with E-state index in [1.807, 2.05) is 35.1 Å². The van der Waals surface area contributed by atoms with Gasteiger partial charge in [-0.2, -0.15) is 0 Å². The zero-order chi connectivity index (χ0) is 12.3. The molecule has 1 aliphatic rings. The van der Waals surface area contributed by atoms with Crippen LogP contribution in [0, 0.1) is 5.92 Å². The summed E-state index contributed by atoms with van der Waals surface area (Å²) in [7, 11) is 1.49. The van der Waals surface area contributed by atoms with E-state index < -0.39 is 5.54 Å². The van der Waals surface area contributed by atoms with Gasteiger partial charge in [-0.1, -0.05) is 30.3 Å². The minimum absolute atomic E-state index is 0.0224. The van der Waals surface area contributed by atoms with Crippen molar-refractivity contribution in [1.29, 1.82) is 0 Å². The van der Waals surface area contributed by atoms with Gasteiger partial charge >= 0.3 is 0 Å². The number of aliphatic hydroxyl groups is 1. The highest BCUT2D eigenvalue weighted by Crippen LogP contribution is 2.33. The summed E-state index contributed by atoms with van der Waals surface area (Å²) in [4.78, 5) is 12.4. The molecule has 1 heterocycles. The van der Waals surface area contributed by atoms with Crippen molar-refractivity contribution in [1.82, 2.24) is 4.81 Å². The van der Waals surface area contributed by atoms with Crippen molar-refractivity contribution in [3.05, 3.63) is 35.9 Å². The van der Waals surface area contributed by atoms with Gasteiger partial charge in [-0.25, -0.2) is 0 Å². The number of carbonyl (C=O) groups excluding carboxylic acids is 1. The first-order chi connectivity index (χ1) is 8.20. The zero-order valence-electron chi connectivity index (χ0n) is 9.62. The number of hydrogen-bond donors (Lipinski definition) is 2. The normalized spacial score (nSPS) is 29.2. The van der Waals surface area contributed by atoms with Crippen molar-refractivity contribution in [3.63, 3.8) is 0 Å². The molecule has 1 aliphatic heterocycles. The fourth-order valence-electron chi connectivity index (χ4n) is 2.47. The van der Waals surface area contributed by atoms with E-state index in [0.717, 1.165) is 11.7 Å². The maximum Gasteiger partial charge on any atom is 0.293 e. The van der Waals surface area contributed by atoms with Crippen molar-refractivity contribution in [3.8, 4) is 0 Å². The van der Waals surface area contributed by atoms with E-state index in [2.05, 4.69) is 0 Å². The summed E-state index contributed by atoms with van der Waals surface area (Å²) in [6.45, 7) is 1.19. The fraction of sp³-hybridized carbons (Fsp3) is 0.417. The first-order valence-electron chi connectivity index (χ1n) is 5.68. The lowest BCUT2D eigenvalue weighted by Crippen LogP contribution is -2.46. The van der Waals surface area contributed by atoms with Gasteiger partial charge in [0, 0.05) is 19.1 Å². The average molecular weight is 231 g/mol. The van der Waals surface area contributed by atoms with Crippen LogP contribution >= 0.6 is 0 Å². The molecule has 0 bridgehead atoms. The van der Waals surface area contributed by atoms with Crippen LogP contribution in [0.4, 0.5) is 0 Å². The molecule has 89 valence electrons. The van der Waals surface area contributed by atoms with E-state index in [4.69, 9.17) is 5.73 Å². The molecule has 4 nitrogen and oxygen atoms in total. The number of rotatable bonds is 4. The lowest BCUT2D eigenvalue weighted by molar-refractivity contribution is 0.186. The fourth-order valence-corrected chi connectivity index (χ4v) is 2.47. The van der Waals surface area contributed by atoms with Gasteiger partial charge in [0.2, 0.25) is 0 Å². The Labute approximate surface area is 102 Å². The van der Waals surface area contributed by atoms with Crippen LogP contribution in [0.1, 0.15) is 5.56 Å². The lowest BCUT2D eigenvalue weighted by atomic mass is 9.82. The molecule has 0 saturated carbocycles. The smallest absolute Gasteiger partial charge is 0.293 e. The molecule has 0 spiro atoms. The van der Waals surface area contributed by atoms with Gasteiger partial charge in [-0.15, -0.1) is 0 Å². The van der Waals surface area contributed by atoms with Crippen LogP contribution in [0.5, 0.6) is 0 Å². The molecule has 5 heteroatoms. The molecule has 0 amide bonds. The van der Waals surface area contributed by atoms with Gasteiger partial charge in [0.25, 0.3) is 7.41 Å². The summed E-state index contributed by atoms with van der Waals surface area (Å²) in [6.07, 6.45) is 0.755. The average Bonchev–Trinajstić information content (AvgIpc) is 2.69. The standard InChI is InChI=1S/C12H16BN2O2/c14-12(10-4-2-1-3-5-10)8-15(13-9-17)6-11(12)7-16/h1-5,9,11,16H,6-8,14H2. The van der Waals surface area contributed by atoms with Gasteiger partial charge in [0.15, 0.2) is 0 Å². The van der Waals surface area contributed by atoms with Crippen molar-refractivity contribution < 1.29 is 9.90 Å². The van der Waals surface area contributed by atoms with Crippen molar-refractivity contribution in [2.75, 3.05) is 19.7 Å². The Balaban J connectivity index is 2.26. The number of nitrogens with zero attached hydrogens (tertiary/aromatic N) is 1. The van der Waals surface area contributed by atoms with Crippen LogP contribution in [0.3, 0.4) is 0 Å². The first kappa shape index (κ1) is 12.3. The highest BCUT2D eigenvalue weighted by atomic mass is 16.3. The topological polar surface area (TPSA) is 66.6 Å². The molecule has 3 N–H and O–H groups in total. The van der Waals surface area contributed by atoms with Gasteiger partial charge < -0.3 is 20.4 Å². The Morgan fingerprint density at radius 2 is 2.24 bits per heavy atom. The number of nitrogens with two attached hydrogens (primary N) is 1. The number of benzene rings is 1.